The van der Waals surface area contributed by atoms with Gasteiger partial charge >= 0.3 is 5.97 Å². The van der Waals surface area contributed by atoms with Crippen molar-refractivity contribution in [1.29, 1.82) is 0 Å². The first kappa shape index (κ1) is 13.4. The first-order valence-electron chi connectivity index (χ1n) is 5.67. The molecule has 0 fully saturated rings. The minimum Gasteiger partial charge on any atom is -0.497 e. The number of methoxy groups -OCH3 is 1. The van der Waals surface area contributed by atoms with Gasteiger partial charge < -0.3 is 14.7 Å². The SMILES string of the molecule is COc1cccc(N(CCC(=O)O)C(C)C)c1. The normalized spacial score (nSPS) is 10.4. The Labute approximate surface area is 102 Å². The third-order valence-electron chi connectivity index (χ3n) is 2.57. The summed E-state index contributed by atoms with van der Waals surface area (Å²) in [5.74, 6) is 0.00187. The molecule has 0 aliphatic rings. The number of anilines is 1. The van der Waals surface area contributed by atoms with Crippen molar-refractivity contribution in [3.8, 4) is 5.75 Å². The van der Waals surface area contributed by atoms with Crippen LogP contribution in [0.2, 0.25) is 0 Å². The number of aliphatic carboxylic acids is 1. The number of rotatable bonds is 6. The topological polar surface area (TPSA) is 49.8 Å². The van der Waals surface area contributed by atoms with Crippen LogP contribution in [-0.2, 0) is 4.79 Å². The second kappa shape index (κ2) is 6.13. The van der Waals surface area contributed by atoms with E-state index in [-0.39, 0.29) is 12.5 Å². The fourth-order valence-corrected chi connectivity index (χ4v) is 1.69. The fourth-order valence-electron chi connectivity index (χ4n) is 1.69. The van der Waals surface area contributed by atoms with Crippen LogP contribution in [0.3, 0.4) is 0 Å². The van der Waals surface area contributed by atoms with Crippen LogP contribution in [0.25, 0.3) is 0 Å². The van der Waals surface area contributed by atoms with Crippen molar-refractivity contribution in [2.24, 2.45) is 0 Å². The average molecular weight is 237 g/mol. The Morgan fingerprint density at radius 3 is 2.71 bits per heavy atom. The van der Waals surface area contributed by atoms with Crippen molar-refractivity contribution in [2.75, 3.05) is 18.6 Å². The van der Waals surface area contributed by atoms with Crippen LogP contribution in [0, 0.1) is 0 Å². The van der Waals surface area contributed by atoms with E-state index < -0.39 is 5.97 Å². The molecule has 1 aromatic carbocycles. The Hall–Kier alpha value is -1.71. The predicted octanol–water partition coefficient (Wildman–Crippen LogP) is 2.38. The number of hydrogen-bond acceptors (Lipinski definition) is 3. The standard InChI is InChI=1S/C13H19NO3/c1-10(2)14(8-7-13(15)16)11-5-4-6-12(9-11)17-3/h4-6,9-10H,7-8H2,1-3H3,(H,15,16). The number of carbonyl (C=O) groups is 1. The highest BCUT2D eigenvalue weighted by Gasteiger charge is 2.12. The molecule has 0 aliphatic carbocycles. The highest BCUT2D eigenvalue weighted by atomic mass is 16.5. The number of benzene rings is 1. The summed E-state index contributed by atoms with van der Waals surface area (Å²) in [6.45, 7) is 4.59. The predicted molar refractivity (Wildman–Crippen MR) is 67.7 cm³/mol. The van der Waals surface area contributed by atoms with Crippen LogP contribution in [0.1, 0.15) is 20.3 Å². The number of carboxylic acid groups (broad SMARTS) is 1. The van der Waals surface area contributed by atoms with Gasteiger partial charge in [-0.3, -0.25) is 4.79 Å². The Kier molecular flexibility index (Phi) is 4.82. The third kappa shape index (κ3) is 3.98. The molecule has 0 heterocycles. The van der Waals surface area contributed by atoms with E-state index in [1.54, 1.807) is 7.11 Å². The number of ether oxygens (including phenoxy) is 1. The van der Waals surface area contributed by atoms with Gasteiger partial charge in [-0.2, -0.15) is 0 Å². The molecule has 1 rings (SSSR count). The van der Waals surface area contributed by atoms with Gasteiger partial charge in [0.2, 0.25) is 0 Å². The summed E-state index contributed by atoms with van der Waals surface area (Å²) in [5.41, 5.74) is 0.987. The van der Waals surface area contributed by atoms with Gasteiger partial charge in [-0.25, -0.2) is 0 Å². The summed E-state index contributed by atoms with van der Waals surface area (Å²) in [4.78, 5) is 12.7. The molecule has 0 atom stereocenters. The van der Waals surface area contributed by atoms with Gasteiger partial charge in [0.1, 0.15) is 5.75 Å². The van der Waals surface area contributed by atoms with Gasteiger partial charge in [0, 0.05) is 24.3 Å². The first-order valence-corrected chi connectivity index (χ1v) is 5.67. The molecule has 0 saturated heterocycles. The quantitative estimate of drug-likeness (QED) is 0.825. The molecule has 0 amide bonds. The van der Waals surface area contributed by atoms with Crippen molar-refractivity contribution in [3.63, 3.8) is 0 Å². The molecule has 1 aromatic rings. The highest BCUT2D eigenvalue weighted by Crippen LogP contribution is 2.22. The molecule has 17 heavy (non-hydrogen) atoms. The molecule has 4 nitrogen and oxygen atoms in total. The molecule has 0 spiro atoms. The Morgan fingerprint density at radius 2 is 2.18 bits per heavy atom. The van der Waals surface area contributed by atoms with E-state index in [9.17, 15) is 4.79 Å². The lowest BCUT2D eigenvalue weighted by Gasteiger charge is -2.28. The summed E-state index contributed by atoms with van der Waals surface area (Å²) in [7, 11) is 1.62. The lowest BCUT2D eigenvalue weighted by molar-refractivity contribution is -0.136. The zero-order valence-corrected chi connectivity index (χ0v) is 10.5. The van der Waals surface area contributed by atoms with E-state index in [2.05, 4.69) is 4.90 Å². The van der Waals surface area contributed by atoms with Crippen molar-refractivity contribution in [3.05, 3.63) is 24.3 Å². The van der Waals surface area contributed by atoms with Crippen LogP contribution >= 0.6 is 0 Å². The van der Waals surface area contributed by atoms with Crippen molar-refractivity contribution in [1.82, 2.24) is 0 Å². The van der Waals surface area contributed by atoms with Gasteiger partial charge in [-0.15, -0.1) is 0 Å². The Balaban J connectivity index is 2.84. The van der Waals surface area contributed by atoms with Crippen LogP contribution in [0.4, 0.5) is 5.69 Å². The zero-order chi connectivity index (χ0) is 12.8. The van der Waals surface area contributed by atoms with E-state index in [0.29, 0.717) is 6.54 Å². The second-order valence-corrected chi connectivity index (χ2v) is 4.13. The van der Waals surface area contributed by atoms with Crippen LogP contribution < -0.4 is 9.64 Å². The molecular formula is C13H19NO3. The number of nitrogens with zero attached hydrogens (tertiary/aromatic N) is 1. The Bertz CT molecular complexity index is 377. The van der Waals surface area contributed by atoms with Crippen molar-refractivity contribution in [2.45, 2.75) is 26.3 Å². The van der Waals surface area contributed by atoms with Gasteiger partial charge in [0.15, 0.2) is 0 Å². The van der Waals surface area contributed by atoms with E-state index >= 15 is 0 Å². The Morgan fingerprint density at radius 1 is 1.47 bits per heavy atom. The molecule has 0 bridgehead atoms. The highest BCUT2D eigenvalue weighted by molar-refractivity contribution is 5.67. The third-order valence-corrected chi connectivity index (χ3v) is 2.57. The van der Waals surface area contributed by atoms with Gasteiger partial charge in [0.05, 0.1) is 13.5 Å². The minimum absolute atomic E-state index is 0.134. The largest absolute Gasteiger partial charge is 0.497 e. The van der Waals surface area contributed by atoms with Crippen molar-refractivity contribution < 1.29 is 14.6 Å². The molecule has 94 valence electrons. The first-order chi connectivity index (χ1) is 8.04. The van der Waals surface area contributed by atoms with Gasteiger partial charge in [-0.1, -0.05) is 6.07 Å². The molecule has 0 saturated carbocycles. The molecule has 0 aromatic heterocycles. The van der Waals surface area contributed by atoms with Crippen LogP contribution in [0.15, 0.2) is 24.3 Å². The summed E-state index contributed by atoms with van der Waals surface area (Å²) < 4.78 is 5.17. The lowest BCUT2D eigenvalue weighted by atomic mass is 10.2. The van der Waals surface area contributed by atoms with E-state index in [0.717, 1.165) is 11.4 Å². The van der Waals surface area contributed by atoms with Crippen LogP contribution in [-0.4, -0.2) is 30.8 Å². The maximum Gasteiger partial charge on any atom is 0.305 e. The van der Waals surface area contributed by atoms with Gasteiger partial charge in [0.25, 0.3) is 0 Å². The summed E-state index contributed by atoms with van der Waals surface area (Å²) in [6.07, 6.45) is 0.134. The average Bonchev–Trinajstić information content (AvgIpc) is 2.28. The molecule has 0 radical (unpaired) electrons. The molecule has 0 aliphatic heterocycles. The monoisotopic (exact) mass is 237 g/mol. The smallest absolute Gasteiger partial charge is 0.305 e. The minimum atomic E-state index is -0.779. The molecule has 0 unspecified atom stereocenters. The summed E-state index contributed by atoms with van der Waals surface area (Å²) in [6, 6.07) is 7.91. The molecule has 4 heteroatoms. The maximum absolute atomic E-state index is 10.6. The van der Waals surface area contributed by atoms with Crippen LogP contribution in [0.5, 0.6) is 5.75 Å². The molecule has 1 N–H and O–H groups in total. The van der Waals surface area contributed by atoms with Crippen molar-refractivity contribution >= 4 is 11.7 Å². The van der Waals surface area contributed by atoms with E-state index in [1.807, 2.05) is 38.1 Å². The summed E-state index contributed by atoms with van der Waals surface area (Å²) in [5, 5.41) is 8.74. The zero-order valence-electron chi connectivity index (χ0n) is 10.5. The summed E-state index contributed by atoms with van der Waals surface area (Å²) >= 11 is 0. The maximum atomic E-state index is 10.6. The van der Waals surface area contributed by atoms with Gasteiger partial charge in [-0.05, 0) is 26.0 Å². The van der Waals surface area contributed by atoms with E-state index in [4.69, 9.17) is 9.84 Å². The lowest BCUT2D eigenvalue weighted by Crippen LogP contribution is -2.32. The fraction of sp³-hybridized carbons (Fsp3) is 0.462. The van der Waals surface area contributed by atoms with E-state index in [1.165, 1.54) is 0 Å². The second-order valence-electron chi connectivity index (χ2n) is 4.13. The number of carboxylic acids is 1. The molecular weight excluding hydrogens is 218 g/mol. The number of hydrogen-bond donors (Lipinski definition) is 1.